The van der Waals surface area contributed by atoms with Gasteiger partial charge in [-0.3, -0.25) is 0 Å². The number of piperidine rings is 1. The number of fused-ring (bicyclic) bond motifs is 2. The van der Waals surface area contributed by atoms with Gasteiger partial charge in [-0.1, -0.05) is 0 Å². The molecule has 2 unspecified atom stereocenters. The molecule has 2 bridgehead atoms. The number of nitrogens with one attached hydrogen (secondary N) is 1. The lowest BCUT2D eigenvalue weighted by Crippen LogP contribution is -2.39. The van der Waals surface area contributed by atoms with E-state index in [1.165, 1.54) is 25.7 Å². The molecule has 0 aromatic carbocycles. The second-order valence-electron chi connectivity index (χ2n) is 6.09. The van der Waals surface area contributed by atoms with E-state index in [1.807, 2.05) is 7.05 Å². The minimum atomic E-state index is 0.485. The first-order valence-electron chi connectivity index (χ1n) is 7.59. The second-order valence-corrected chi connectivity index (χ2v) is 7.17. The average molecular weight is 402 g/mol. The molecule has 0 radical (unpaired) electrons. The van der Waals surface area contributed by atoms with Crippen molar-refractivity contribution in [1.82, 2.24) is 14.9 Å². The normalized spacial score (nSPS) is 28.9. The van der Waals surface area contributed by atoms with Gasteiger partial charge >= 0.3 is 0 Å². The minimum absolute atomic E-state index is 0.485. The Morgan fingerprint density at radius 1 is 1.29 bits per heavy atom. The van der Waals surface area contributed by atoms with Crippen molar-refractivity contribution in [2.45, 2.75) is 50.3 Å². The largest absolute Gasteiger partial charge is 0.378 e. The van der Waals surface area contributed by atoms with Crippen molar-refractivity contribution in [2.75, 3.05) is 26.5 Å². The highest BCUT2D eigenvalue weighted by Crippen LogP contribution is 2.41. The van der Waals surface area contributed by atoms with Crippen LogP contribution in [0.25, 0.3) is 0 Å². The summed E-state index contributed by atoms with van der Waals surface area (Å²) in [7, 11) is 5.90. The van der Waals surface area contributed by atoms with E-state index in [1.54, 1.807) is 7.11 Å². The number of hydrogen-bond donors (Lipinski definition) is 1. The minimum Gasteiger partial charge on any atom is -0.378 e. The second kappa shape index (κ2) is 6.34. The van der Waals surface area contributed by atoms with Crippen LogP contribution in [-0.4, -0.2) is 48.2 Å². The molecule has 3 heterocycles. The van der Waals surface area contributed by atoms with E-state index in [-0.39, 0.29) is 0 Å². The molecule has 0 aliphatic carbocycles. The van der Waals surface area contributed by atoms with E-state index in [2.05, 4.69) is 39.9 Å². The lowest BCUT2D eigenvalue weighted by atomic mass is 9.90. The molecule has 2 aliphatic heterocycles. The Bertz CT molecular complexity index is 511. The highest BCUT2D eigenvalue weighted by Gasteiger charge is 2.40. The van der Waals surface area contributed by atoms with Crippen LogP contribution in [0.2, 0.25) is 0 Å². The van der Waals surface area contributed by atoms with Crippen LogP contribution in [0.5, 0.6) is 0 Å². The van der Waals surface area contributed by atoms with Crippen molar-refractivity contribution >= 4 is 28.4 Å². The number of halogens is 1. The fourth-order valence-electron chi connectivity index (χ4n) is 3.72. The van der Waals surface area contributed by atoms with Crippen molar-refractivity contribution in [1.29, 1.82) is 0 Å². The first-order chi connectivity index (χ1) is 10.1. The SMILES string of the molecule is CNc1nc(C2CC3CCC(C2)N3C)nc(COC)c1I. The Labute approximate surface area is 140 Å². The molecule has 5 nitrogen and oxygen atoms in total. The molecule has 2 atom stereocenters. The molecule has 2 saturated heterocycles. The zero-order valence-electron chi connectivity index (χ0n) is 12.9. The van der Waals surface area contributed by atoms with Gasteiger partial charge in [-0.25, -0.2) is 9.97 Å². The van der Waals surface area contributed by atoms with Gasteiger partial charge in [0.2, 0.25) is 0 Å². The highest BCUT2D eigenvalue weighted by atomic mass is 127. The summed E-state index contributed by atoms with van der Waals surface area (Å²) in [4.78, 5) is 12.1. The van der Waals surface area contributed by atoms with Gasteiger partial charge in [-0.05, 0) is 55.3 Å². The van der Waals surface area contributed by atoms with Gasteiger partial charge in [0.05, 0.1) is 15.9 Å². The number of ether oxygens (including phenoxy) is 1. The monoisotopic (exact) mass is 402 g/mol. The van der Waals surface area contributed by atoms with Crippen molar-refractivity contribution < 1.29 is 4.74 Å². The molecule has 6 heteroatoms. The Hall–Kier alpha value is -0.470. The third-order valence-corrected chi connectivity index (χ3v) is 6.05. The lowest BCUT2D eigenvalue weighted by molar-refractivity contribution is 0.157. The average Bonchev–Trinajstić information content (AvgIpc) is 2.71. The molecule has 1 N–H and O–H groups in total. The summed E-state index contributed by atoms with van der Waals surface area (Å²) in [5, 5.41) is 3.20. The maximum atomic E-state index is 5.29. The van der Waals surface area contributed by atoms with Crippen LogP contribution >= 0.6 is 22.6 Å². The first kappa shape index (κ1) is 15.4. The molecule has 0 spiro atoms. The number of aromatic nitrogens is 2. The van der Waals surface area contributed by atoms with E-state index >= 15 is 0 Å². The van der Waals surface area contributed by atoms with E-state index < -0.39 is 0 Å². The fraction of sp³-hybridized carbons (Fsp3) is 0.733. The Kier molecular flexibility index (Phi) is 4.66. The van der Waals surface area contributed by atoms with Crippen LogP contribution in [0.3, 0.4) is 0 Å². The van der Waals surface area contributed by atoms with E-state index in [4.69, 9.17) is 14.7 Å². The van der Waals surface area contributed by atoms with Crippen LogP contribution in [0.1, 0.15) is 43.1 Å². The summed E-state index contributed by atoms with van der Waals surface area (Å²) in [6, 6.07) is 1.42. The van der Waals surface area contributed by atoms with Crippen molar-refractivity contribution in [2.24, 2.45) is 0 Å². The summed E-state index contributed by atoms with van der Waals surface area (Å²) in [5.74, 6) is 2.41. The van der Waals surface area contributed by atoms with E-state index in [0.29, 0.717) is 24.6 Å². The summed E-state index contributed by atoms with van der Waals surface area (Å²) in [6.45, 7) is 0.544. The van der Waals surface area contributed by atoms with Crippen LogP contribution in [0, 0.1) is 3.57 Å². The third-order valence-electron chi connectivity index (χ3n) is 4.92. The quantitative estimate of drug-likeness (QED) is 0.785. The summed E-state index contributed by atoms with van der Waals surface area (Å²) >= 11 is 2.30. The van der Waals surface area contributed by atoms with Crippen LogP contribution in [0.4, 0.5) is 5.82 Å². The topological polar surface area (TPSA) is 50.3 Å². The van der Waals surface area contributed by atoms with Crippen molar-refractivity contribution in [3.63, 3.8) is 0 Å². The fourth-order valence-corrected chi connectivity index (χ4v) is 4.38. The number of hydrogen-bond acceptors (Lipinski definition) is 5. The van der Waals surface area contributed by atoms with Gasteiger partial charge in [-0.15, -0.1) is 0 Å². The van der Waals surface area contributed by atoms with Gasteiger partial charge in [0.15, 0.2) is 0 Å². The summed E-state index contributed by atoms with van der Waals surface area (Å²) < 4.78 is 6.36. The van der Waals surface area contributed by atoms with E-state index in [0.717, 1.165) is 20.9 Å². The standard InChI is InChI=1S/C15H23IN4O/c1-17-15-13(16)12(8-21-3)18-14(19-15)9-6-10-4-5-11(7-9)20(10)2/h9-11H,4-8H2,1-3H3,(H,17,18,19). The van der Waals surface area contributed by atoms with Crippen LogP contribution in [0.15, 0.2) is 0 Å². The summed E-state index contributed by atoms with van der Waals surface area (Å²) in [6.07, 6.45) is 5.02. The highest BCUT2D eigenvalue weighted by molar-refractivity contribution is 14.1. The molecule has 21 heavy (non-hydrogen) atoms. The van der Waals surface area contributed by atoms with Gasteiger partial charge in [0, 0.05) is 32.2 Å². The molecule has 1 aromatic heterocycles. The smallest absolute Gasteiger partial charge is 0.143 e. The zero-order valence-corrected chi connectivity index (χ0v) is 15.1. The predicted octanol–water partition coefficient (Wildman–Crippen LogP) is 2.61. The third kappa shape index (κ3) is 2.90. The first-order valence-corrected chi connectivity index (χ1v) is 8.66. The molecule has 0 amide bonds. The van der Waals surface area contributed by atoms with Gasteiger partial charge in [0.1, 0.15) is 11.6 Å². The lowest BCUT2D eigenvalue weighted by Gasteiger charge is -2.35. The Morgan fingerprint density at radius 2 is 1.95 bits per heavy atom. The maximum absolute atomic E-state index is 5.29. The van der Waals surface area contributed by atoms with Crippen LogP contribution < -0.4 is 5.32 Å². The van der Waals surface area contributed by atoms with Gasteiger partial charge in [0.25, 0.3) is 0 Å². The molecule has 2 fully saturated rings. The van der Waals surface area contributed by atoms with E-state index in [9.17, 15) is 0 Å². The zero-order chi connectivity index (χ0) is 15.0. The Morgan fingerprint density at radius 3 is 2.52 bits per heavy atom. The van der Waals surface area contributed by atoms with Crippen LogP contribution in [-0.2, 0) is 11.3 Å². The van der Waals surface area contributed by atoms with Crippen molar-refractivity contribution in [3.05, 3.63) is 15.1 Å². The Balaban J connectivity index is 1.90. The predicted molar refractivity (Wildman–Crippen MR) is 91.6 cm³/mol. The molecular weight excluding hydrogens is 379 g/mol. The molecule has 116 valence electrons. The molecule has 1 aromatic rings. The van der Waals surface area contributed by atoms with Gasteiger partial charge < -0.3 is 15.0 Å². The number of anilines is 1. The molecule has 0 saturated carbocycles. The number of nitrogens with zero attached hydrogens (tertiary/aromatic N) is 3. The summed E-state index contributed by atoms with van der Waals surface area (Å²) in [5.41, 5.74) is 0.999. The molecular formula is C15H23IN4O. The number of rotatable bonds is 4. The maximum Gasteiger partial charge on any atom is 0.143 e. The van der Waals surface area contributed by atoms with Crippen molar-refractivity contribution in [3.8, 4) is 0 Å². The number of methoxy groups -OCH3 is 1. The molecule has 2 aliphatic rings. The van der Waals surface area contributed by atoms with Gasteiger partial charge in [-0.2, -0.15) is 0 Å². The molecule has 3 rings (SSSR count).